The Morgan fingerprint density at radius 2 is 2.07 bits per heavy atom. The number of nitrogens with one attached hydrogen (secondary N) is 1. The molecule has 7 nitrogen and oxygen atoms in total. The van der Waals surface area contributed by atoms with Gasteiger partial charge in [0.25, 0.3) is 0 Å². The highest BCUT2D eigenvalue weighted by molar-refractivity contribution is 6.03. The number of para-hydroxylation sites is 1. The molecule has 0 bridgehead atoms. The van der Waals surface area contributed by atoms with Crippen LogP contribution in [0.3, 0.4) is 0 Å². The number of hydrogen-bond acceptors (Lipinski definition) is 5. The molecule has 2 heterocycles. The average molecular weight is 366 g/mol. The lowest BCUT2D eigenvalue weighted by molar-refractivity contribution is -0.122. The summed E-state index contributed by atoms with van der Waals surface area (Å²) in [4.78, 5) is 26.2. The molecule has 0 saturated carbocycles. The summed E-state index contributed by atoms with van der Waals surface area (Å²) in [6.45, 7) is 0.134. The fourth-order valence-corrected chi connectivity index (χ4v) is 3.06. The van der Waals surface area contributed by atoms with Gasteiger partial charge in [-0.25, -0.2) is 4.39 Å². The second-order valence-electron chi connectivity index (χ2n) is 6.17. The van der Waals surface area contributed by atoms with Gasteiger partial charge in [0.1, 0.15) is 5.82 Å². The van der Waals surface area contributed by atoms with Crippen LogP contribution >= 0.6 is 0 Å². The zero-order valence-corrected chi connectivity index (χ0v) is 14.1. The quantitative estimate of drug-likeness (QED) is 0.767. The molecule has 0 aliphatic carbocycles. The van der Waals surface area contributed by atoms with Crippen molar-refractivity contribution in [2.45, 2.75) is 6.42 Å². The molecule has 1 aliphatic rings. The van der Waals surface area contributed by atoms with Crippen molar-refractivity contribution in [3.63, 3.8) is 0 Å². The van der Waals surface area contributed by atoms with E-state index in [2.05, 4.69) is 15.5 Å². The maximum absolute atomic E-state index is 14.0. The number of halogens is 1. The summed E-state index contributed by atoms with van der Waals surface area (Å²) in [6, 6.07) is 13.0. The largest absolute Gasteiger partial charge is 0.423 e. The Balaban J connectivity index is 1.47. The highest BCUT2D eigenvalue weighted by Gasteiger charge is 2.36. The zero-order valence-electron chi connectivity index (χ0n) is 14.1. The Labute approximate surface area is 153 Å². The molecular formula is C19H15FN4O3. The van der Waals surface area contributed by atoms with E-state index in [1.165, 1.54) is 23.4 Å². The van der Waals surface area contributed by atoms with E-state index in [1.807, 2.05) is 0 Å². The minimum Gasteiger partial charge on any atom is -0.423 e. The van der Waals surface area contributed by atoms with E-state index in [1.54, 1.807) is 36.4 Å². The molecule has 0 unspecified atom stereocenters. The molecule has 1 saturated heterocycles. The Morgan fingerprint density at radius 3 is 2.85 bits per heavy atom. The van der Waals surface area contributed by atoms with Crippen molar-refractivity contribution in [3.8, 4) is 11.5 Å². The topological polar surface area (TPSA) is 88.3 Å². The number of hydrogen-bond donors (Lipinski definition) is 1. The van der Waals surface area contributed by atoms with Gasteiger partial charge in [0.2, 0.25) is 24.1 Å². The summed E-state index contributed by atoms with van der Waals surface area (Å²) < 4.78 is 19.1. The van der Waals surface area contributed by atoms with Gasteiger partial charge < -0.3 is 14.6 Å². The summed E-state index contributed by atoms with van der Waals surface area (Å²) in [6.07, 6.45) is 1.26. The predicted molar refractivity (Wildman–Crippen MR) is 95.2 cm³/mol. The maximum atomic E-state index is 14.0. The fourth-order valence-electron chi connectivity index (χ4n) is 3.06. The third kappa shape index (κ3) is 3.41. The molecule has 0 radical (unpaired) electrons. The van der Waals surface area contributed by atoms with Crippen molar-refractivity contribution in [2.75, 3.05) is 16.8 Å². The van der Waals surface area contributed by atoms with Gasteiger partial charge in [0, 0.05) is 24.2 Å². The lowest BCUT2D eigenvalue weighted by Gasteiger charge is -2.17. The normalized spacial score (nSPS) is 16.6. The van der Waals surface area contributed by atoms with E-state index >= 15 is 0 Å². The lowest BCUT2D eigenvalue weighted by Crippen LogP contribution is -2.28. The second-order valence-corrected chi connectivity index (χ2v) is 6.17. The van der Waals surface area contributed by atoms with E-state index in [-0.39, 0.29) is 30.5 Å². The van der Waals surface area contributed by atoms with E-state index < -0.39 is 11.7 Å². The number of carbonyl (C=O) groups is 2. The smallest absolute Gasteiger partial charge is 0.247 e. The van der Waals surface area contributed by atoms with Crippen LogP contribution in [0.1, 0.15) is 6.42 Å². The highest BCUT2D eigenvalue weighted by atomic mass is 19.1. The Hall–Kier alpha value is -3.55. The van der Waals surface area contributed by atoms with E-state index in [4.69, 9.17) is 4.42 Å². The molecule has 2 aromatic carbocycles. The number of aromatic nitrogens is 2. The first kappa shape index (κ1) is 16.9. The van der Waals surface area contributed by atoms with Gasteiger partial charge in [-0.3, -0.25) is 9.59 Å². The average Bonchev–Trinajstić information content (AvgIpc) is 3.32. The molecule has 1 aliphatic heterocycles. The first-order chi connectivity index (χ1) is 13.1. The second kappa shape index (κ2) is 6.99. The van der Waals surface area contributed by atoms with Crippen LogP contribution in [0.4, 0.5) is 15.8 Å². The Bertz CT molecular complexity index is 990. The Kier molecular flexibility index (Phi) is 4.37. The molecule has 1 fully saturated rings. The standard InChI is InChI=1S/C19H15FN4O3/c20-15-6-1-2-7-16(15)24-10-13(9-17(24)25)18(26)22-14-5-3-4-12(8-14)19-23-21-11-27-19/h1-8,11,13H,9-10H2,(H,22,26)/t13-/m0/s1. The molecule has 1 aromatic heterocycles. The molecule has 2 amide bonds. The van der Waals surface area contributed by atoms with Gasteiger partial charge in [-0.15, -0.1) is 10.2 Å². The van der Waals surface area contributed by atoms with Crippen molar-refractivity contribution < 1.29 is 18.4 Å². The third-order valence-electron chi connectivity index (χ3n) is 4.38. The minimum absolute atomic E-state index is 0.0313. The molecular weight excluding hydrogens is 351 g/mol. The van der Waals surface area contributed by atoms with Crippen LogP contribution in [0.25, 0.3) is 11.5 Å². The van der Waals surface area contributed by atoms with Gasteiger partial charge >= 0.3 is 0 Å². The van der Waals surface area contributed by atoms with Crippen molar-refractivity contribution in [1.82, 2.24) is 10.2 Å². The molecule has 4 rings (SSSR count). The predicted octanol–water partition coefficient (Wildman–Crippen LogP) is 2.87. The minimum atomic E-state index is -0.566. The van der Waals surface area contributed by atoms with Gasteiger partial charge in [0.15, 0.2) is 0 Å². The van der Waals surface area contributed by atoms with Crippen LogP contribution in [-0.4, -0.2) is 28.6 Å². The van der Waals surface area contributed by atoms with Crippen LogP contribution in [0.5, 0.6) is 0 Å². The summed E-state index contributed by atoms with van der Waals surface area (Å²) >= 11 is 0. The van der Waals surface area contributed by atoms with Crippen molar-refractivity contribution in [2.24, 2.45) is 5.92 Å². The summed E-state index contributed by atoms with van der Waals surface area (Å²) in [7, 11) is 0. The SMILES string of the molecule is O=C(Nc1cccc(-c2nnco2)c1)[C@H]1CC(=O)N(c2ccccc2F)C1. The number of anilines is 2. The fraction of sp³-hybridized carbons (Fsp3) is 0.158. The summed E-state index contributed by atoms with van der Waals surface area (Å²) in [5, 5.41) is 10.2. The summed E-state index contributed by atoms with van der Waals surface area (Å²) in [5.41, 5.74) is 1.41. The third-order valence-corrected chi connectivity index (χ3v) is 4.38. The van der Waals surface area contributed by atoms with E-state index in [9.17, 15) is 14.0 Å². The van der Waals surface area contributed by atoms with E-state index in [0.29, 0.717) is 17.1 Å². The number of amides is 2. The van der Waals surface area contributed by atoms with Gasteiger partial charge in [-0.1, -0.05) is 18.2 Å². The summed E-state index contributed by atoms with van der Waals surface area (Å²) in [5.74, 6) is -1.29. The highest BCUT2D eigenvalue weighted by Crippen LogP contribution is 2.28. The number of carbonyl (C=O) groups excluding carboxylic acids is 2. The zero-order chi connectivity index (χ0) is 18.8. The number of rotatable bonds is 4. The van der Waals surface area contributed by atoms with Crippen molar-refractivity contribution in [1.29, 1.82) is 0 Å². The maximum Gasteiger partial charge on any atom is 0.247 e. The Morgan fingerprint density at radius 1 is 1.22 bits per heavy atom. The first-order valence-corrected chi connectivity index (χ1v) is 8.34. The van der Waals surface area contributed by atoms with Crippen molar-refractivity contribution >= 4 is 23.2 Å². The van der Waals surface area contributed by atoms with Crippen LogP contribution in [0, 0.1) is 11.7 Å². The molecule has 136 valence electrons. The molecule has 0 spiro atoms. The van der Waals surface area contributed by atoms with Crippen LogP contribution in [0.2, 0.25) is 0 Å². The van der Waals surface area contributed by atoms with Crippen LogP contribution in [0.15, 0.2) is 59.3 Å². The molecule has 3 aromatic rings. The molecule has 1 atom stereocenters. The van der Waals surface area contributed by atoms with Crippen LogP contribution in [-0.2, 0) is 9.59 Å². The number of nitrogens with zero attached hydrogens (tertiary/aromatic N) is 3. The number of benzene rings is 2. The monoisotopic (exact) mass is 366 g/mol. The molecule has 8 heteroatoms. The lowest BCUT2D eigenvalue weighted by atomic mass is 10.1. The van der Waals surface area contributed by atoms with Crippen molar-refractivity contribution in [3.05, 3.63) is 60.7 Å². The van der Waals surface area contributed by atoms with Crippen LogP contribution < -0.4 is 10.2 Å². The van der Waals surface area contributed by atoms with Gasteiger partial charge in [0.05, 0.1) is 11.6 Å². The molecule has 27 heavy (non-hydrogen) atoms. The van der Waals surface area contributed by atoms with Gasteiger partial charge in [-0.2, -0.15) is 0 Å². The molecule has 1 N–H and O–H groups in total. The van der Waals surface area contributed by atoms with E-state index in [0.717, 1.165) is 0 Å². The van der Waals surface area contributed by atoms with Gasteiger partial charge in [-0.05, 0) is 30.3 Å². The first-order valence-electron chi connectivity index (χ1n) is 8.34.